The Balaban J connectivity index is 1.46. The van der Waals surface area contributed by atoms with Crippen LogP contribution < -0.4 is 0 Å². The summed E-state index contributed by atoms with van der Waals surface area (Å²) in [7, 11) is 1.92. The predicted molar refractivity (Wildman–Crippen MR) is 133 cm³/mol. The molecule has 1 atom stereocenters. The van der Waals surface area contributed by atoms with Crippen molar-refractivity contribution in [3.8, 4) is 0 Å². The maximum atomic E-state index is 13.1. The fourth-order valence-corrected chi connectivity index (χ4v) is 6.18. The second kappa shape index (κ2) is 10.6. The quantitative estimate of drug-likeness (QED) is 0.434. The number of piperidine rings is 1. The Hall–Kier alpha value is -2.16. The van der Waals surface area contributed by atoms with Crippen molar-refractivity contribution in [2.75, 3.05) is 26.4 Å². The minimum Gasteiger partial charge on any atom is -0.338 e. The number of aromatic nitrogens is 1. The summed E-state index contributed by atoms with van der Waals surface area (Å²) in [6.07, 6.45) is 4.54. The Morgan fingerprint density at radius 2 is 1.94 bits per heavy atom. The maximum absolute atomic E-state index is 13.1. The van der Waals surface area contributed by atoms with E-state index in [0.29, 0.717) is 24.7 Å². The molecule has 32 heavy (non-hydrogen) atoms. The zero-order chi connectivity index (χ0) is 22.5. The molecule has 3 heterocycles. The van der Waals surface area contributed by atoms with Crippen LogP contribution in [0.3, 0.4) is 0 Å². The van der Waals surface area contributed by atoms with Gasteiger partial charge in [-0.15, -0.1) is 11.3 Å². The molecule has 1 aliphatic rings. The SMILES string of the molecule is CSc1nc(C(=O)N2CCC([C@@H](Cc3ccccc3)N(C)C(=O)c3ccsc3)CC2)cs1. The molecule has 2 aromatic heterocycles. The van der Waals surface area contributed by atoms with Crippen LogP contribution in [0.5, 0.6) is 0 Å². The number of likely N-dealkylation sites (N-methyl/N-ethyl adjacent to an activating group) is 1. The standard InChI is InChI=1S/C24H27N3O2S3/c1-26(22(28)19-10-13-31-15-19)21(14-17-6-4-3-5-7-17)18-8-11-27(12-9-18)23(29)20-16-32-24(25-20)30-2/h3-7,10,13,15-16,18,21H,8-9,11-12,14H2,1-2H3/t21-/m1/s1. The number of likely N-dealkylation sites (tertiary alicyclic amines) is 1. The highest BCUT2D eigenvalue weighted by Gasteiger charge is 2.33. The lowest BCUT2D eigenvalue weighted by Crippen LogP contribution is -2.48. The molecule has 4 rings (SSSR count). The summed E-state index contributed by atoms with van der Waals surface area (Å²) in [5.74, 6) is 0.420. The minimum atomic E-state index is 0.0160. The van der Waals surface area contributed by atoms with E-state index < -0.39 is 0 Å². The molecule has 1 saturated heterocycles. The van der Waals surface area contributed by atoms with Crippen LogP contribution >= 0.6 is 34.4 Å². The summed E-state index contributed by atoms with van der Waals surface area (Å²) in [6.45, 7) is 1.39. The summed E-state index contributed by atoms with van der Waals surface area (Å²) in [5, 5.41) is 5.71. The zero-order valence-electron chi connectivity index (χ0n) is 18.3. The van der Waals surface area contributed by atoms with Crippen molar-refractivity contribution in [2.45, 2.75) is 29.6 Å². The number of hydrogen-bond acceptors (Lipinski definition) is 6. The van der Waals surface area contributed by atoms with Gasteiger partial charge in [-0.2, -0.15) is 11.3 Å². The second-order valence-electron chi connectivity index (χ2n) is 8.02. The van der Waals surface area contributed by atoms with Crippen LogP contribution in [-0.2, 0) is 6.42 Å². The van der Waals surface area contributed by atoms with Gasteiger partial charge in [-0.05, 0) is 48.4 Å². The molecule has 5 nitrogen and oxygen atoms in total. The highest BCUT2D eigenvalue weighted by molar-refractivity contribution is 8.00. The van der Waals surface area contributed by atoms with Crippen LogP contribution in [0.2, 0.25) is 0 Å². The van der Waals surface area contributed by atoms with Crippen LogP contribution in [0.1, 0.15) is 39.3 Å². The topological polar surface area (TPSA) is 53.5 Å². The molecule has 0 spiro atoms. The molecule has 0 bridgehead atoms. The van der Waals surface area contributed by atoms with Crippen LogP contribution in [0.4, 0.5) is 0 Å². The third-order valence-corrected chi connectivity index (χ3v) is 8.67. The summed E-state index contributed by atoms with van der Waals surface area (Å²) < 4.78 is 0.916. The van der Waals surface area contributed by atoms with E-state index in [2.05, 4.69) is 17.1 Å². The Morgan fingerprint density at radius 3 is 2.56 bits per heavy atom. The van der Waals surface area contributed by atoms with Crippen molar-refractivity contribution in [2.24, 2.45) is 5.92 Å². The van der Waals surface area contributed by atoms with Gasteiger partial charge in [0.25, 0.3) is 11.8 Å². The van der Waals surface area contributed by atoms with Crippen LogP contribution in [0, 0.1) is 5.92 Å². The molecule has 1 aromatic carbocycles. The van der Waals surface area contributed by atoms with Gasteiger partial charge in [-0.3, -0.25) is 9.59 Å². The van der Waals surface area contributed by atoms with Gasteiger partial charge in [0.15, 0.2) is 0 Å². The van der Waals surface area contributed by atoms with Gasteiger partial charge in [-0.25, -0.2) is 4.98 Å². The highest BCUT2D eigenvalue weighted by atomic mass is 32.2. The van der Waals surface area contributed by atoms with E-state index in [0.717, 1.165) is 29.2 Å². The summed E-state index contributed by atoms with van der Waals surface area (Å²) in [6, 6.07) is 12.3. The van der Waals surface area contributed by atoms with E-state index in [1.165, 1.54) is 16.9 Å². The number of hydrogen-bond donors (Lipinski definition) is 0. The average molecular weight is 486 g/mol. The van der Waals surface area contributed by atoms with Crippen LogP contribution in [0.15, 0.2) is 56.9 Å². The van der Waals surface area contributed by atoms with Crippen molar-refractivity contribution in [3.63, 3.8) is 0 Å². The number of benzene rings is 1. The van der Waals surface area contributed by atoms with Crippen molar-refractivity contribution >= 4 is 46.2 Å². The van der Waals surface area contributed by atoms with E-state index >= 15 is 0 Å². The summed E-state index contributed by atoms with van der Waals surface area (Å²) >= 11 is 4.62. The number of thiazole rings is 1. The smallest absolute Gasteiger partial charge is 0.273 e. The molecular weight excluding hydrogens is 458 g/mol. The van der Waals surface area contributed by atoms with E-state index in [-0.39, 0.29) is 17.9 Å². The van der Waals surface area contributed by atoms with Crippen LogP contribution in [-0.4, -0.2) is 59.0 Å². The monoisotopic (exact) mass is 485 g/mol. The number of carbonyl (C=O) groups is 2. The Morgan fingerprint density at radius 1 is 1.19 bits per heavy atom. The lowest BCUT2D eigenvalue weighted by atomic mass is 9.84. The second-order valence-corrected chi connectivity index (χ2v) is 10.7. The van der Waals surface area contributed by atoms with Gasteiger partial charge < -0.3 is 9.80 Å². The first-order valence-electron chi connectivity index (χ1n) is 10.7. The molecule has 0 saturated carbocycles. The summed E-state index contributed by atoms with van der Waals surface area (Å²) in [4.78, 5) is 34.3. The van der Waals surface area contributed by atoms with E-state index in [1.807, 2.05) is 63.5 Å². The predicted octanol–water partition coefficient (Wildman–Crippen LogP) is 5.16. The van der Waals surface area contributed by atoms with Gasteiger partial charge in [0, 0.05) is 36.9 Å². The zero-order valence-corrected chi connectivity index (χ0v) is 20.7. The summed E-state index contributed by atoms with van der Waals surface area (Å²) in [5.41, 5.74) is 2.52. The van der Waals surface area contributed by atoms with Crippen molar-refractivity contribution in [1.82, 2.24) is 14.8 Å². The van der Waals surface area contributed by atoms with Crippen molar-refractivity contribution in [1.29, 1.82) is 0 Å². The Labute approximate surface area is 201 Å². The van der Waals surface area contributed by atoms with E-state index in [9.17, 15) is 9.59 Å². The maximum Gasteiger partial charge on any atom is 0.273 e. The average Bonchev–Trinajstić information content (AvgIpc) is 3.54. The highest BCUT2D eigenvalue weighted by Crippen LogP contribution is 2.29. The molecule has 0 N–H and O–H groups in total. The minimum absolute atomic E-state index is 0.0160. The number of thioether (sulfide) groups is 1. The Kier molecular flexibility index (Phi) is 7.65. The van der Waals surface area contributed by atoms with Gasteiger partial charge >= 0.3 is 0 Å². The van der Waals surface area contributed by atoms with E-state index in [1.54, 1.807) is 23.1 Å². The fraction of sp³-hybridized carbons (Fsp3) is 0.375. The fourth-order valence-electron chi connectivity index (χ4n) is 4.31. The molecule has 2 amide bonds. The van der Waals surface area contributed by atoms with Gasteiger partial charge in [0.05, 0.1) is 5.56 Å². The first kappa shape index (κ1) is 23.0. The molecule has 0 unspecified atom stereocenters. The van der Waals surface area contributed by atoms with Gasteiger partial charge in [0.2, 0.25) is 0 Å². The number of thiophene rings is 1. The van der Waals surface area contributed by atoms with Gasteiger partial charge in [0.1, 0.15) is 10.0 Å². The number of nitrogens with zero attached hydrogens (tertiary/aromatic N) is 3. The first-order valence-corrected chi connectivity index (χ1v) is 13.7. The van der Waals surface area contributed by atoms with E-state index in [4.69, 9.17) is 0 Å². The molecule has 1 fully saturated rings. The lowest BCUT2D eigenvalue weighted by molar-refractivity contribution is 0.0520. The third kappa shape index (κ3) is 5.24. The number of amides is 2. The molecular formula is C24H27N3O2S3. The molecule has 168 valence electrons. The third-order valence-electron chi connectivity index (χ3n) is 6.12. The molecule has 3 aromatic rings. The van der Waals surface area contributed by atoms with Crippen LogP contribution in [0.25, 0.3) is 0 Å². The molecule has 8 heteroatoms. The molecule has 0 aliphatic carbocycles. The largest absolute Gasteiger partial charge is 0.338 e. The molecule has 0 radical (unpaired) electrons. The number of rotatable bonds is 7. The van der Waals surface area contributed by atoms with Gasteiger partial charge in [-0.1, -0.05) is 42.1 Å². The molecule has 1 aliphatic heterocycles. The Bertz CT molecular complexity index is 1030. The normalized spacial score (nSPS) is 15.5. The number of carbonyl (C=O) groups excluding carboxylic acids is 2. The first-order chi connectivity index (χ1) is 15.6. The van der Waals surface area contributed by atoms with Crippen molar-refractivity contribution < 1.29 is 9.59 Å². The van der Waals surface area contributed by atoms with Crippen molar-refractivity contribution in [3.05, 3.63) is 69.4 Å². The lowest BCUT2D eigenvalue weighted by Gasteiger charge is -2.40.